The Kier molecular flexibility index (Phi) is 8.38. The maximum atomic E-state index is 13.0. The number of nitrogens with one attached hydrogen (secondary N) is 2. The van der Waals surface area contributed by atoms with Gasteiger partial charge in [0.05, 0.1) is 0 Å². The molecule has 0 saturated carbocycles. The highest BCUT2D eigenvalue weighted by atomic mass is 33.1. The van der Waals surface area contributed by atoms with Crippen molar-refractivity contribution in [1.29, 1.82) is 0 Å². The first-order valence-corrected chi connectivity index (χ1v) is 13.2. The molecule has 2 aromatic carbocycles. The lowest BCUT2D eigenvalue weighted by molar-refractivity contribution is 0.519. The lowest BCUT2D eigenvalue weighted by atomic mass is 10.2. The summed E-state index contributed by atoms with van der Waals surface area (Å²) in [5.74, 6) is 0. The topological polar surface area (TPSA) is 140 Å². The first-order chi connectivity index (χ1) is 12.3. The van der Waals surface area contributed by atoms with E-state index >= 15 is 0 Å². The molecule has 12 heteroatoms. The van der Waals surface area contributed by atoms with Crippen LogP contribution in [-0.2, 0) is 22.2 Å². The highest BCUT2D eigenvalue weighted by Crippen LogP contribution is 2.48. The molecule has 0 fully saturated rings. The predicted octanol–water partition coefficient (Wildman–Crippen LogP) is 3.17. The third kappa shape index (κ3) is 7.94. The van der Waals surface area contributed by atoms with Gasteiger partial charge >= 0.3 is 0 Å². The van der Waals surface area contributed by atoms with E-state index in [-0.39, 0.29) is 0 Å². The van der Waals surface area contributed by atoms with Crippen LogP contribution in [0.1, 0.15) is 11.1 Å². The third-order valence-electron chi connectivity index (χ3n) is 3.15. The monoisotopic (exact) mass is 432 g/mol. The van der Waals surface area contributed by atoms with Gasteiger partial charge in [-0.2, -0.15) is 8.57 Å². The van der Waals surface area contributed by atoms with Crippen molar-refractivity contribution in [1.82, 2.24) is 13.7 Å². The van der Waals surface area contributed by atoms with Gasteiger partial charge in [-0.1, -0.05) is 60.7 Å². The number of nitrogens with two attached hydrogens (primary N) is 3. The highest BCUT2D eigenvalue weighted by Gasteiger charge is 2.28. The first-order valence-electron chi connectivity index (χ1n) is 7.54. The normalized spacial score (nSPS) is 14.3. The van der Waals surface area contributed by atoms with E-state index in [9.17, 15) is 9.13 Å². The maximum Gasteiger partial charge on any atom is 0.289 e. The van der Waals surface area contributed by atoms with Gasteiger partial charge in [0.25, 0.3) is 15.2 Å². The van der Waals surface area contributed by atoms with E-state index in [0.717, 1.165) is 33.1 Å². The van der Waals surface area contributed by atoms with Crippen LogP contribution in [0.2, 0.25) is 0 Å². The lowest BCUT2D eigenvalue weighted by Gasteiger charge is -2.27. The zero-order chi connectivity index (χ0) is 19.0. The molecule has 0 radical (unpaired) electrons. The van der Waals surface area contributed by atoms with E-state index in [0.29, 0.717) is 13.1 Å². The molecule has 0 aliphatic heterocycles. The third-order valence-corrected chi connectivity index (χ3v) is 9.12. The Morgan fingerprint density at radius 3 is 1.96 bits per heavy atom. The number of hydrogen-bond donors (Lipinski definition) is 5. The van der Waals surface area contributed by atoms with Gasteiger partial charge in [0, 0.05) is 35.0 Å². The summed E-state index contributed by atoms with van der Waals surface area (Å²) < 4.78 is 28.4. The molecule has 2 rings (SSSR count). The van der Waals surface area contributed by atoms with E-state index in [1.54, 1.807) is 0 Å². The summed E-state index contributed by atoms with van der Waals surface area (Å²) in [7, 11) is -4.84. The molecular formula is C14H22N6O2P2S2. The van der Waals surface area contributed by atoms with Crippen LogP contribution < -0.4 is 26.1 Å². The Bertz CT molecular complexity index is 778. The van der Waals surface area contributed by atoms with Crippen molar-refractivity contribution in [2.45, 2.75) is 13.1 Å². The molecule has 8 N–H and O–H groups in total. The first kappa shape index (κ1) is 21.7. The molecule has 0 heterocycles. The molecule has 0 spiro atoms. The molecular weight excluding hydrogens is 410 g/mol. The van der Waals surface area contributed by atoms with E-state index in [1.165, 1.54) is 4.08 Å². The van der Waals surface area contributed by atoms with Crippen LogP contribution in [-0.4, -0.2) is 4.08 Å². The molecule has 1 atom stereocenters. The summed E-state index contributed by atoms with van der Waals surface area (Å²) in [5.41, 5.74) is 18.5. The Balaban J connectivity index is 2.06. The van der Waals surface area contributed by atoms with Gasteiger partial charge in [0.1, 0.15) is 0 Å². The smallest absolute Gasteiger partial charge is 0.271 e. The van der Waals surface area contributed by atoms with E-state index < -0.39 is 15.2 Å². The molecule has 8 nitrogen and oxygen atoms in total. The molecule has 1 unspecified atom stereocenters. The minimum Gasteiger partial charge on any atom is -0.271 e. The van der Waals surface area contributed by atoms with E-state index in [1.807, 2.05) is 60.7 Å². The molecule has 0 bridgehead atoms. The Morgan fingerprint density at radius 1 is 0.885 bits per heavy atom. The fraction of sp³-hybridized carbons (Fsp3) is 0.143. The summed E-state index contributed by atoms with van der Waals surface area (Å²) >= 11 is 0. The number of hydrogen-bond acceptors (Lipinski definition) is 4. The lowest BCUT2D eigenvalue weighted by Crippen LogP contribution is -2.28. The van der Waals surface area contributed by atoms with Gasteiger partial charge in [-0.15, -0.1) is 0 Å². The summed E-state index contributed by atoms with van der Waals surface area (Å²) in [5, 5.41) is 2.91. The largest absolute Gasteiger partial charge is 0.289 e. The second-order valence-electron chi connectivity index (χ2n) is 5.40. The maximum absolute atomic E-state index is 13.0. The number of rotatable bonds is 10. The van der Waals surface area contributed by atoms with Crippen molar-refractivity contribution >= 4 is 37.1 Å². The van der Waals surface area contributed by atoms with Crippen LogP contribution in [0.25, 0.3) is 0 Å². The second kappa shape index (κ2) is 10.1. The Morgan fingerprint density at radius 2 is 1.42 bits per heavy atom. The summed E-state index contributed by atoms with van der Waals surface area (Å²) in [4.78, 5) is 0. The van der Waals surface area contributed by atoms with Crippen molar-refractivity contribution in [2.24, 2.45) is 16.5 Å². The summed E-state index contributed by atoms with van der Waals surface area (Å²) in [6.07, 6.45) is 0. The molecule has 0 amide bonds. The minimum atomic E-state index is -3.41. The zero-order valence-electron chi connectivity index (χ0n) is 13.9. The van der Waals surface area contributed by atoms with E-state index in [4.69, 9.17) is 16.5 Å². The fourth-order valence-electron chi connectivity index (χ4n) is 1.92. The molecule has 0 aliphatic carbocycles. The Hall–Kier alpha value is -0.640. The zero-order valence-corrected chi connectivity index (χ0v) is 17.3. The molecule has 26 heavy (non-hydrogen) atoms. The van der Waals surface area contributed by atoms with Crippen LogP contribution in [0, 0.1) is 0 Å². The van der Waals surface area contributed by atoms with Crippen molar-refractivity contribution in [3.8, 4) is 0 Å². The average molecular weight is 432 g/mol. The fourth-order valence-corrected chi connectivity index (χ4v) is 7.27. The summed E-state index contributed by atoms with van der Waals surface area (Å²) in [6, 6.07) is 19.0. The van der Waals surface area contributed by atoms with Gasteiger partial charge in [-0.05, 0) is 11.1 Å². The van der Waals surface area contributed by atoms with Crippen molar-refractivity contribution < 1.29 is 9.13 Å². The van der Waals surface area contributed by atoms with Crippen LogP contribution in [0.3, 0.4) is 0 Å². The SMILES string of the molecule is NP(N)(=O)NSSN(Cc1ccccc1)P(N)(=O)NCc1ccccc1. The minimum absolute atomic E-state index is 0.315. The molecule has 0 saturated heterocycles. The number of benzene rings is 2. The van der Waals surface area contributed by atoms with Crippen molar-refractivity contribution in [2.75, 3.05) is 0 Å². The molecule has 142 valence electrons. The quantitative estimate of drug-likeness (QED) is 0.216. The number of nitrogens with zero attached hydrogens (tertiary/aromatic N) is 1. The van der Waals surface area contributed by atoms with Gasteiger partial charge in [-0.3, -0.25) is 25.6 Å². The van der Waals surface area contributed by atoms with Crippen molar-refractivity contribution in [3.05, 3.63) is 71.8 Å². The van der Waals surface area contributed by atoms with E-state index in [2.05, 4.69) is 9.58 Å². The standard InChI is InChI=1S/C14H22N6O2P2S2/c15-23(16,21)19-25-26-20(12-14-9-5-2-6-10-14)24(17,22)18-11-13-7-3-1-4-8-13/h1-10H,11-12H2,(H3,17,18,22)(H5,15,16,19,21). The van der Waals surface area contributed by atoms with Gasteiger partial charge < -0.3 is 0 Å². The predicted molar refractivity (Wildman–Crippen MR) is 111 cm³/mol. The molecule has 0 aliphatic rings. The Labute approximate surface area is 161 Å². The van der Waals surface area contributed by atoms with Gasteiger partial charge in [0.2, 0.25) is 0 Å². The van der Waals surface area contributed by atoms with Gasteiger partial charge in [0.15, 0.2) is 0 Å². The van der Waals surface area contributed by atoms with Crippen molar-refractivity contribution in [3.63, 3.8) is 0 Å². The average Bonchev–Trinajstić information content (AvgIpc) is 2.60. The summed E-state index contributed by atoms with van der Waals surface area (Å²) in [6.45, 7) is 0.667. The van der Waals surface area contributed by atoms with Crippen LogP contribution in [0.5, 0.6) is 0 Å². The van der Waals surface area contributed by atoms with Crippen LogP contribution in [0.4, 0.5) is 0 Å². The van der Waals surface area contributed by atoms with Gasteiger partial charge in [-0.25, -0.2) is 5.09 Å². The molecule has 2 aromatic rings. The molecule has 0 aromatic heterocycles. The van der Waals surface area contributed by atoms with Crippen LogP contribution in [0.15, 0.2) is 60.7 Å². The van der Waals surface area contributed by atoms with Crippen LogP contribution >= 0.6 is 37.1 Å². The second-order valence-corrected chi connectivity index (χ2v) is 11.6. The highest BCUT2D eigenvalue weighted by molar-refractivity contribution is 8.76.